The highest BCUT2D eigenvalue weighted by Crippen LogP contribution is 2.27. The molecule has 0 amide bonds. The Morgan fingerprint density at radius 1 is 1.27 bits per heavy atom. The van der Waals surface area contributed by atoms with Crippen molar-refractivity contribution in [3.8, 4) is 0 Å². The van der Waals surface area contributed by atoms with E-state index in [1.165, 1.54) is 10.9 Å². The highest BCUT2D eigenvalue weighted by molar-refractivity contribution is 6.31. The third-order valence-corrected chi connectivity index (χ3v) is 2.69. The van der Waals surface area contributed by atoms with Crippen LogP contribution in [0.4, 0.5) is 0 Å². The summed E-state index contributed by atoms with van der Waals surface area (Å²) in [6.45, 7) is 6.76. The van der Waals surface area contributed by atoms with E-state index in [-0.39, 0.29) is 0 Å². The average Bonchev–Trinajstić information content (AvgIpc) is 2.45. The quantitative estimate of drug-likeness (QED) is 0.734. The number of H-pyrrole nitrogens is 1. The van der Waals surface area contributed by atoms with E-state index in [4.69, 9.17) is 11.6 Å². The zero-order valence-electron chi connectivity index (χ0n) is 9.39. The molecular weight excluding hydrogens is 206 g/mol. The average molecular weight is 222 g/mol. The second kappa shape index (κ2) is 3.57. The van der Waals surface area contributed by atoms with E-state index >= 15 is 0 Å². The molecule has 2 aromatic rings. The van der Waals surface area contributed by atoms with Gasteiger partial charge in [-0.2, -0.15) is 0 Å². The van der Waals surface area contributed by atoms with Gasteiger partial charge in [0.2, 0.25) is 0 Å². The normalized spacial score (nSPS) is 12.3. The van der Waals surface area contributed by atoms with Gasteiger partial charge in [-0.25, -0.2) is 0 Å². The van der Waals surface area contributed by atoms with Crippen molar-refractivity contribution in [3.05, 3.63) is 35.0 Å². The molecule has 1 nitrogen and oxygen atoms in total. The molecule has 0 bridgehead atoms. The lowest BCUT2D eigenvalue weighted by molar-refractivity contribution is 0.412. The Labute approximate surface area is 95.5 Å². The Balaban J connectivity index is 2.45. The molecule has 0 aliphatic rings. The van der Waals surface area contributed by atoms with Gasteiger partial charge in [0.05, 0.1) is 0 Å². The molecule has 0 saturated carbocycles. The molecule has 1 aromatic heterocycles. The van der Waals surface area contributed by atoms with Crippen LogP contribution >= 0.6 is 11.6 Å². The van der Waals surface area contributed by atoms with E-state index in [1.807, 2.05) is 12.1 Å². The predicted molar refractivity (Wildman–Crippen MR) is 66.5 cm³/mol. The van der Waals surface area contributed by atoms with Gasteiger partial charge in [-0.1, -0.05) is 38.4 Å². The van der Waals surface area contributed by atoms with Gasteiger partial charge in [-0.15, -0.1) is 0 Å². The zero-order chi connectivity index (χ0) is 11.1. The molecule has 0 fully saturated rings. The molecule has 0 spiro atoms. The van der Waals surface area contributed by atoms with Crippen molar-refractivity contribution in [3.63, 3.8) is 0 Å². The molecule has 2 rings (SSSR count). The van der Waals surface area contributed by atoms with Crippen LogP contribution in [0, 0.1) is 5.41 Å². The van der Waals surface area contributed by atoms with Crippen LogP contribution in [0.5, 0.6) is 0 Å². The number of hydrogen-bond donors (Lipinski definition) is 1. The molecule has 0 radical (unpaired) electrons. The van der Waals surface area contributed by atoms with Crippen molar-refractivity contribution in [1.82, 2.24) is 4.98 Å². The lowest BCUT2D eigenvalue weighted by Gasteiger charge is -2.17. The molecule has 0 aliphatic carbocycles. The van der Waals surface area contributed by atoms with Gasteiger partial charge in [-0.05, 0) is 29.5 Å². The van der Waals surface area contributed by atoms with Crippen molar-refractivity contribution in [2.45, 2.75) is 27.2 Å². The highest BCUT2D eigenvalue weighted by Gasteiger charge is 2.14. The van der Waals surface area contributed by atoms with Crippen molar-refractivity contribution >= 4 is 22.5 Å². The minimum atomic E-state index is 0.314. The molecular formula is C13H16ClN. The lowest BCUT2D eigenvalue weighted by Crippen LogP contribution is -2.08. The maximum Gasteiger partial charge on any atom is 0.0471 e. The van der Waals surface area contributed by atoms with Gasteiger partial charge >= 0.3 is 0 Å². The monoisotopic (exact) mass is 221 g/mol. The number of fused-ring (bicyclic) bond motifs is 1. The Morgan fingerprint density at radius 2 is 2.00 bits per heavy atom. The molecule has 2 heteroatoms. The van der Waals surface area contributed by atoms with Crippen LogP contribution in [0.1, 0.15) is 26.3 Å². The lowest BCUT2D eigenvalue weighted by atomic mass is 9.88. The fourth-order valence-electron chi connectivity index (χ4n) is 1.88. The van der Waals surface area contributed by atoms with Crippen LogP contribution in [0.15, 0.2) is 24.4 Å². The molecule has 80 valence electrons. The Bertz CT molecular complexity index is 477. The molecule has 0 aliphatic heterocycles. The summed E-state index contributed by atoms with van der Waals surface area (Å²) in [4.78, 5) is 3.27. The minimum absolute atomic E-state index is 0.314. The van der Waals surface area contributed by atoms with E-state index in [2.05, 4.69) is 38.0 Å². The summed E-state index contributed by atoms with van der Waals surface area (Å²) in [6, 6.07) is 6.02. The summed E-state index contributed by atoms with van der Waals surface area (Å²) in [5.41, 5.74) is 2.81. The maximum atomic E-state index is 5.94. The first-order chi connectivity index (χ1) is 6.96. The van der Waals surface area contributed by atoms with Crippen molar-refractivity contribution < 1.29 is 0 Å². The molecule has 1 heterocycles. The number of aromatic amines is 1. The van der Waals surface area contributed by atoms with Gasteiger partial charge in [0.15, 0.2) is 0 Å². The molecule has 0 atom stereocenters. The summed E-state index contributed by atoms with van der Waals surface area (Å²) in [5.74, 6) is 0. The zero-order valence-corrected chi connectivity index (χ0v) is 10.2. The number of halogens is 1. The molecule has 1 N–H and O–H groups in total. The molecule has 0 saturated heterocycles. The van der Waals surface area contributed by atoms with Gasteiger partial charge in [0, 0.05) is 22.1 Å². The van der Waals surface area contributed by atoms with Crippen LogP contribution in [-0.2, 0) is 6.42 Å². The van der Waals surface area contributed by atoms with Crippen molar-refractivity contribution in [2.75, 3.05) is 0 Å². The van der Waals surface area contributed by atoms with Crippen LogP contribution in [0.25, 0.3) is 10.9 Å². The Morgan fingerprint density at radius 3 is 2.67 bits per heavy atom. The number of nitrogens with one attached hydrogen (secondary N) is 1. The van der Waals surface area contributed by atoms with Crippen molar-refractivity contribution in [1.29, 1.82) is 0 Å². The maximum absolute atomic E-state index is 5.94. The van der Waals surface area contributed by atoms with Gasteiger partial charge in [-0.3, -0.25) is 0 Å². The van der Waals surface area contributed by atoms with Gasteiger partial charge < -0.3 is 4.98 Å². The molecule has 15 heavy (non-hydrogen) atoms. The van der Waals surface area contributed by atoms with Crippen LogP contribution in [0.3, 0.4) is 0 Å². The summed E-state index contributed by atoms with van der Waals surface area (Å²) in [5, 5.41) is 2.07. The summed E-state index contributed by atoms with van der Waals surface area (Å²) < 4.78 is 0. The molecule has 0 unspecified atom stereocenters. The van der Waals surface area contributed by atoms with E-state index < -0.39 is 0 Å². The SMILES string of the molecule is CC(C)(C)Cc1c[nH]c2cc(Cl)ccc12. The van der Waals surface area contributed by atoms with Crippen LogP contribution < -0.4 is 0 Å². The van der Waals surface area contributed by atoms with E-state index in [0.29, 0.717) is 5.41 Å². The minimum Gasteiger partial charge on any atom is -0.361 e. The first-order valence-corrected chi connectivity index (χ1v) is 5.59. The van der Waals surface area contributed by atoms with Crippen LogP contribution in [-0.4, -0.2) is 4.98 Å². The number of aromatic nitrogens is 1. The number of benzene rings is 1. The number of hydrogen-bond acceptors (Lipinski definition) is 0. The Kier molecular flexibility index (Phi) is 2.51. The topological polar surface area (TPSA) is 15.8 Å². The standard InChI is InChI=1S/C13H16ClN/c1-13(2,3)7-9-8-15-12-6-10(14)4-5-11(9)12/h4-6,8,15H,7H2,1-3H3. The first kappa shape index (κ1) is 10.6. The second-order valence-electron chi connectivity index (χ2n) is 5.24. The smallest absolute Gasteiger partial charge is 0.0471 e. The first-order valence-electron chi connectivity index (χ1n) is 5.21. The highest BCUT2D eigenvalue weighted by atomic mass is 35.5. The van der Waals surface area contributed by atoms with Gasteiger partial charge in [0.25, 0.3) is 0 Å². The predicted octanol–water partition coefficient (Wildman–Crippen LogP) is 4.41. The largest absolute Gasteiger partial charge is 0.361 e. The van der Waals surface area contributed by atoms with E-state index in [1.54, 1.807) is 0 Å². The summed E-state index contributed by atoms with van der Waals surface area (Å²) in [6.07, 6.45) is 3.17. The third-order valence-electron chi connectivity index (χ3n) is 2.45. The fourth-order valence-corrected chi connectivity index (χ4v) is 2.05. The van der Waals surface area contributed by atoms with Gasteiger partial charge in [0.1, 0.15) is 0 Å². The third kappa shape index (κ3) is 2.35. The molecule has 1 aromatic carbocycles. The van der Waals surface area contributed by atoms with Crippen LogP contribution in [0.2, 0.25) is 5.02 Å². The second-order valence-corrected chi connectivity index (χ2v) is 5.68. The number of rotatable bonds is 1. The Hall–Kier alpha value is -0.950. The summed E-state index contributed by atoms with van der Waals surface area (Å²) >= 11 is 5.94. The fraction of sp³-hybridized carbons (Fsp3) is 0.385. The van der Waals surface area contributed by atoms with Crippen molar-refractivity contribution in [2.24, 2.45) is 5.41 Å². The summed E-state index contributed by atoms with van der Waals surface area (Å²) in [7, 11) is 0. The van der Waals surface area contributed by atoms with E-state index in [9.17, 15) is 0 Å². The van der Waals surface area contributed by atoms with E-state index in [0.717, 1.165) is 17.0 Å².